The first-order valence-electron chi connectivity index (χ1n) is 9.46. The van der Waals surface area contributed by atoms with Crippen molar-refractivity contribution in [3.63, 3.8) is 0 Å². The molecule has 7 heteroatoms. The summed E-state index contributed by atoms with van der Waals surface area (Å²) in [4.78, 5) is 0. The molecule has 0 spiro atoms. The Labute approximate surface area is 178 Å². The third-order valence-corrected chi connectivity index (χ3v) is 5.03. The number of phenols is 1. The Balaban J connectivity index is 1.68. The molecule has 0 radical (unpaired) electrons. The number of hydrogen-bond donors (Lipinski definition) is 2. The van der Waals surface area contributed by atoms with E-state index in [0.717, 1.165) is 11.1 Å². The zero-order chi connectivity index (χ0) is 22.0. The normalized spacial score (nSPS) is 14.9. The highest BCUT2D eigenvalue weighted by atomic mass is 19.1. The number of rotatable bonds is 5. The number of nitrogens with zero attached hydrogens (tertiary/aromatic N) is 1. The summed E-state index contributed by atoms with van der Waals surface area (Å²) in [6, 6.07) is 18.2. The Morgan fingerprint density at radius 1 is 1.10 bits per heavy atom. The predicted octanol–water partition coefficient (Wildman–Crippen LogP) is 4.34. The highest BCUT2D eigenvalue weighted by Crippen LogP contribution is 2.45. The van der Waals surface area contributed by atoms with Crippen molar-refractivity contribution in [3.05, 3.63) is 94.6 Å². The predicted molar refractivity (Wildman–Crippen MR) is 111 cm³/mol. The number of phenolic OH excluding ortho intramolecular Hbond substituents is 1. The summed E-state index contributed by atoms with van der Waals surface area (Å²) in [6.07, 6.45) is 0. The summed E-state index contributed by atoms with van der Waals surface area (Å²) in [6.45, 7) is 0.242. The quantitative estimate of drug-likeness (QED) is 0.640. The van der Waals surface area contributed by atoms with Gasteiger partial charge in [0.25, 0.3) is 0 Å². The van der Waals surface area contributed by atoms with Gasteiger partial charge in [-0.25, -0.2) is 4.39 Å². The van der Waals surface area contributed by atoms with Crippen molar-refractivity contribution in [1.29, 1.82) is 5.26 Å². The van der Waals surface area contributed by atoms with E-state index in [0.29, 0.717) is 22.8 Å². The number of methoxy groups -OCH3 is 1. The van der Waals surface area contributed by atoms with Crippen LogP contribution < -0.4 is 19.9 Å². The van der Waals surface area contributed by atoms with E-state index in [4.69, 9.17) is 19.9 Å². The molecule has 4 rings (SSSR count). The molecule has 0 saturated carbocycles. The number of nitrogens with two attached hydrogens (primary N) is 1. The maximum absolute atomic E-state index is 13.1. The van der Waals surface area contributed by atoms with Crippen molar-refractivity contribution < 1.29 is 23.7 Å². The van der Waals surface area contributed by atoms with E-state index in [1.807, 2.05) is 6.07 Å². The molecule has 0 aliphatic carbocycles. The second-order valence-corrected chi connectivity index (χ2v) is 6.97. The second-order valence-electron chi connectivity index (χ2n) is 6.97. The van der Waals surface area contributed by atoms with E-state index in [9.17, 15) is 14.8 Å². The summed E-state index contributed by atoms with van der Waals surface area (Å²) in [5.41, 5.74) is 8.50. The molecular formula is C24H19FN2O4. The fourth-order valence-electron chi connectivity index (χ4n) is 3.51. The fraction of sp³-hybridized carbons (Fsp3) is 0.125. The Bertz CT molecular complexity index is 1200. The summed E-state index contributed by atoms with van der Waals surface area (Å²) in [7, 11) is 1.52. The Morgan fingerprint density at radius 3 is 2.58 bits per heavy atom. The molecule has 3 aromatic rings. The van der Waals surface area contributed by atoms with Gasteiger partial charge in [-0.2, -0.15) is 5.26 Å². The van der Waals surface area contributed by atoms with Crippen LogP contribution in [0.25, 0.3) is 0 Å². The van der Waals surface area contributed by atoms with Gasteiger partial charge in [0.05, 0.1) is 13.0 Å². The zero-order valence-electron chi connectivity index (χ0n) is 16.6. The molecule has 1 aliphatic rings. The van der Waals surface area contributed by atoms with Crippen LogP contribution in [0.1, 0.15) is 22.6 Å². The van der Waals surface area contributed by atoms with Crippen LogP contribution in [0.2, 0.25) is 0 Å². The lowest BCUT2D eigenvalue weighted by Gasteiger charge is -2.27. The minimum atomic E-state index is -0.491. The number of nitriles is 1. The van der Waals surface area contributed by atoms with Crippen molar-refractivity contribution in [2.45, 2.75) is 12.5 Å². The van der Waals surface area contributed by atoms with Gasteiger partial charge in [-0.3, -0.25) is 0 Å². The zero-order valence-corrected chi connectivity index (χ0v) is 16.6. The molecule has 3 aromatic carbocycles. The number of hydrogen-bond acceptors (Lipinski definition) is 6. The van der Waals surface area contributed by atoms with Crippen LogP contribution >= 0.6 is 0 Å². The van der Waals surface area contributed by atoms with E-state index in [-0.39, 0.29) is 29.6 Å². The van der Waals surface area contributed by atoms with E-state index in [1.165, 1.54) is 31.4 Å². The topological polar surface area (TPSA) is 97.7 Å². The summed E-state index contributed by atoms with van der Waals surface area (Å²) in [5, 5.41) is 19.5. The van der Waals surface area contributed by atoms with Crippen molar-refractivity contribution in [1.82, 2.24) is 0 Å². The molecule has 0 fully saturated rings. The number of aromatic hydroxyl groups is 1. The first kappa shape index (κ1) is 20.1. The molecule has 31 heavy (non-hydrogen) atoms. The van der Waals surface area contributed by atoms with Gasteiger partial charge in [0.15, 0.2) is 11.5 Å². The van der Waals surface area contributed by atoms with Crippen molar-refractivity contribution in [2.24, 2.45) is 5.73 Å². The van der Waals surface area contributed by atoms with Gasteiger partial charge in [-0.05, 0) is 41.5 Å². The van der Waals surface area contributed by atoms with Crippen molar-refractivity contribution in [2.75, 3.05) is 7.11 Å². The van der Waals surface area contributed by atoms with Crippen LogP contribution in [0, 0.1) is 17.1 Å². The summed E-state index contributed by atoms with van der Waals surface area (Å²) in [5.74, 6) is 0.586. The van der Waals surface area contributed by atoms with Gasteiger partial charge in [0.1, 0.15) is 35.6 Å². The molecule has 0 aromatic heterocycles. The SMILES string of the molecule is COc1cc(C2C(C#N)=C(N)Oc3cc(O)ccc32)ccc1OCc1ccc(F)cc1. The second kappa shape index (κ2) is 8.28. The molecule has 156 valence electrons. The van der Waals surface area contributed by atoms with Crippen LogP contribution in [0.15, 0.2) is 72.1 Å². The van der Waals surface area contributed by atoms with Crippen LogP contribution in [0.4, 0.5) is 4.39 Å². The third kappa shape index (κ3) is 3.96. The van der Waals surface area contributed by atoms with Gasteiger partial charge in [-0.15, -0.1) is 0 Å². The van der Waals surface area contributed by atoms with E-state index in [2.05, 4.69) is 6.07 Å². The van der Waals surface area contributed by atoms with Crippen molar-refractivity contribution >= 4 is 0 Å². The molecule has 6 nitrogen and oxygen atoms in total. The monoisotopic (exact) mass is 418 g/mol. The minimum Gasteiger partial charge on any atom is -0.508 e. The molecule has 3 N–H and O–H groups in total. The highest BCUT2D eigenvalue weighted by molar-refractivity contribution is 5.58. The Morgan fingerprint density at radius 2 is 1.87 bits per heavy atom. The smallest absolute Gasteiger partial charge is 0.205 e. The number of ether oxygens (including phenoxy) is 3. The number of allylic oxidation sites excluding steroid dienone is 1. The Kier molecular flexibility index (Phi) is 5.37. The van der Waals surface area contributed by atoms with E-state index in [1.54, 1.807) is 30.3 Å². The molecule has 0 saturated heterocycles. The van der Waals surface area contributed by atoms with Crippen LogP contribution in [-0.4, -0.2) is 12.2 Å². The molecular weight excluding hydrogens is 399 g/mol. The van der Waals surface area contributed by atoms with Crippen LogP contribution in [0.3, 0.4) is 0 Å². The molecule has 1 unspecified atom stereocenters. The summed E-state index contributed by atoms with van der Waals surface area (Å²) >= 11 is 0. The lowest BCUT2D eigenvalue weighted by molar-refractivity contribution is 0.284. The molecule has 1 heterocycles. The van der Waals surface area contributed by atoms with Gasteiger partial charge in [0, 0.05) is 11.6 Å². The summed E-state index contributed by atoms with van der Waals surface area (Å²) < 4.78 is 30.0. The standard InChI is InChI=1S/C24H19FN2O4/c1-29-22-10-15(4-9-20(22)30-13-14-2-5-16(25)6-3-14)23-18-8-7-17(28)11-21(18)31-24(27)19(23)12-26/h2-11,23,28H,13,27H2,1H3. The number of fused-ring (bicyclic) bond motifs is 1. The van der Waals surface area contributed by atoms with E-state index >= 15 is 0 Å². The molecule has 0 bridgehead atoms. The molecule has 1 aliphatic heterocycles. The molecule has 1 atom stereocenters. The lowest BCUT2D eigenvalue weighted by atomic mass is 9.83. The first-order chi connectivity index (χ1) is 15.0. The molecule has 0 amide bonds. The average molecular weight is 418 g/mol. The van der Waals surface area contributed by atoms with Crippen LogP contribution in [-0.2, 0) is 6.61 Å². The van der Waals surface area contributed by atoms with Gasteiger partial charge in [-0.1, -0.05) is 24.3 Å². The minimum absolute atomic E-state index is 0.0128. The van der Waals surface area contributed by atoms with Gasteiger partial charge in [0.2, 0.25) is 5.88 Å². The first-order valence-corrected chi connectivity index (χ1v) is 9.46. The number of benzene rings is 3. The number of halogens is 1. The lowest BCUT2D eigenvalue weighted by Crippen LogP contribution is -2.21. The van der Waals surface area contributed by atoms with Crippen LogP contribution in [0.5, 0.6) is 23.0 Å². The van der Waals surface area contributed by atoms with Gasteiger partial charge < -0.3 is 25.1 Å². The Hall–Kier alpha value is -4.18. The van der Waals surface area contributed by atoms with E-state index < -0.39 is 5.92 Å². The fourth-order valence-corrected chi connectivity index (χ4v) is 3.51. The van der Waals surface area contributed by atoms with Gasteiger partial charge >= 0.3 is 0 Å². The third-order valence-electron chi connectivity index (χ3n) is 5.03. The maximum atomic E-state index is 13.1. The highest BCUT2D eigenvalue weighted by Gasteiger charge is 2.31. The largest absolute Gasteiger partial charge is 0.508 e. The average Bonchev–Trinajstić information content (AvgIpc) is 2.77. The van der Waals surface area contributed by atoms with Crippen molar-refractivity contribution in [3.8, 4) is 29.1 Å². The maximum Gasteiger partial charge on any atom is 0.205 e.